The summed E-state index contributed by atoms with van der Waals surface area (Å²) in [5.74, 6) is -1.19. The van der Waals surface area contributed by atoms with Gasteiger partial charge in [0.1, 0.15) is 5.41 Å². The third-order valence-electron chi connectivity index (χ3n) is 4.47. The maximum absolute atomic E-state index is 12.3. The van der Waals surface area contributed by atoms with Gasteiger partial charge in [0.05, 0.1) is 6.61 Å². The molecule has 1 aromatic rings. The van der Waals surface area contributed by atoms with Crippen molar-refractivity contribution >= 4 is 17.8 Å². The molecule has 1 fully saturated rings. The first-order chi connectivity index (χ1) is 12.0. The van der Waals surface area contributed by atoms with Crippen LogP contribution in [0.4, 0.5) is 0 Å². The van der Waals surface area contributed by atoms with Crippen LogP contribution in [-0.2, 0) is 14.3 Å². The lowest BCUT2D eigenvalue weighted by Gasteiger charge is -2.23. The number of nitrogens with zero attached hydrogens (tertiary/aromatic N) is 1. The van der Waals surface area contributed by atoms with Crippen LogP contribution in [0.2, 0.25) is 0 Å². The second-order valence-corrected chi connectivity index (χ2v) is 6.31. The van der Waals surface area contributed by atoms with Gasteiger partial charge in [-0.05, 0) is 25.0 Å². The maximum Gasteiger partial charge on any atom is 0.313 e. The summed E-state index contributed by atoms with van der Waals surface area (Å²) in [6, 6.07) is 8.88. The van der Waals surface area contributed by atoms with Crippen molar-refractivity contribution in [3.8, 4) is 0 Å². The maximum atomic E-state index is 12.3. The number of benzene rings is 1. The fraction of sp³-hybridized carbons (Fsp3) is 0.500. The molecule has 2 N–H and O–H groups in total. The van der Waals surface area contributed by atoms with Gasteiger partial charge in [-0.2, -0.15) is 0 Å². The molecule has 0 bridgehead atoms. The molecule has 25 heavy (non-hydrogen) atoms. The van der Waals surface area contributed by atoms with E-state index in [4.69, 9.17) is 4.74 Å². The SMILES string of the molecule is COCC1(C(=O)O)CCN(C(=O)CCCNC(=O)c2ccccc2)C1. The number of aliphatic carboxylic acids is 1. The van der Waals surface area contributed by atoms with Crippen molar-refractivity contribution in [2.24, 2.45) is 5.41 Å². The van der Waals surface area contributed by atoms with E-state index in [1.165, 1.54) is 7.11 Å². The molecule has 1 unspecified atom stereocenters. The molecule has 0 spiro atoms. The molecule has 1 aliphatic rings. The number of nitrogens with one attached hydrogen (secondary N) is 1. The molecule has 0 radical (unpaired) electrons. The van der Waals surface area contributed by atoms with Crippen LogP contribution in [0, 0.1) is 5.41 Å². The first kappa shape index (κ1) is 18.9. The number of rotatable bonds is 8. The Morgan fingerprint density at radius 2 is 2.00 bits per heavy atom. The van der Waals surface area contributed by atoms with Crippen LogP contribution in [0.3, 0.4) is 0 Å². The summed E-state index contributed by atoms with van der Waals surface area (Å²) in [7, 11) is 1.46. The highest BCUT2D eigenvalue weighted by atomic mass is 16.5. The zero-order chi connectivity index (χ0) is 18.3. The Bertz CT molecular complexity index is 619. The van der Waals surface area contributed by atoms with E-state index in [2.05, 4.69) is 5.32 Å². The lowest BCUT2D eigenvalue weighted by molar-refractivity contribution is -0.151. The van der Waals surface area contributed by atoms with Crippen LogP contribution in [-0.4, -0.2) is 61.1 Å². The predicted molar refractivity (Wildman–Crippen MR) is 91.2 cm³/mol. The standard InChI is InChI=1S/C18H24N2O5/c1-25-13-18(17(23)24)9-11-20(12-18)15(21)8-5-10-19-16(22)14-6-3-2-4-7-14/h2-4,6-7H,5,8-13H2,1H3,(H,19,22)(H,23,24). The molecule has 7 nitrogen and oxygen atoms in total. The molecule has 136 valence electrons. The van der Waals surface area contributed by atoms with E-state index in [9.17, 15) is 19.5 Å². The number of hydrogen-bond acceptors (Lipinski definition) is 4. The summed E-state index contributed by atoms with van der Waals surface area (Å²) in [5, 5.41) is 12.2. The highest BCUT2D eigenvalue weighted by molar-refractivity contribution is 5.94. The molecular weight excluding hydrogens is 324 g/mol. The smallest absolute Gasteiger partial charge is 0.313 e. The molecule has 1 aromatic carbocycles. The molecule has 2 amide bonds. The second-order valence-electron chi connectivity index (χ2n) is 6.31. The van der Waals surface area contributed by atoms with E-state index in [-0.39, 0.29) is 31.4 Å². The van der Waals surface area contributed by atoms with Gasteiger partial charge >= 0.3 is 5.97 Å². The van der Waals surface area contributed by atoms with Crippen molar-refractivity contribution < 1.29 is 24.2 Å². The number of hydrogen-bond donors (Lipinski definition) is 2. The molecule has 7 heteroatoms. The molecule has 1 aliphatic heterocycles. The van der Waals surface area contributed by atoms with Gasteiger partial charge in [-0.15, -0.1) is 0 Å². The van der Waals surface area contributed by atoms with E-state index in [0.717, 1.165) is 0 Å². The van der Waals surface area contributed by atoms with Gasteiger partial charge in [0.15, 0.2) is 0 Å². The average Bonchev–Trinajstić information content (AvgIpc) is 3.05. The zero-order valence-corrected chi connectivity index (χ0v) is 14.4. The van der Waals surface area contributed by atoms with Crippen molar-refractivity contribution in [1.29, 1.82) is 0 Å². The predicted octanol–water partition coefficient (Wildman–Crippen LogP) is 1.15. The quantitative estimate of drug-likeness (QED) is 0.687. The lowest BCUT2D eigenvalue weighted by atomic mass is 9.88. The monoisotopic (exact) mass is 348 g/mol. The van der Waals surface area contributed by atoms with Gasteiger partial charge in [0, 0.05) is 38.7 Å². The van der Waals surface area contributed by atoms with Gasteiger partial charge in [-0.3, -0.25) is 14.4 Å². The molecule has 1 atom stereocenters. The fourth-order valence-electron chi connectivity index (χ4n) is 3.01. The molecule has 1 heterocycles. The van der Waals surface area contributed by atoms with Crippen LogP contribution in [0.5, 0.6) is 0 Å². The van der Waals surface area contributed by atoms with Crippen LogP contribution >= 0.6 is 0 Å². The summed E-state index contributed by atoms with van der Waals surface area (Å²) in [6.07, 6.45) is 1.18. The summed E-state index contributed by atoms with van der Waals surface area (Å²) in [6.45, 7) is 1.09. The first-order valence-electron chi connectivity index (χ1n) is 8.32. The Kier molecular flexibility index (Phi) is 6.52. The van der Waals surface area contributed by atoms with Gasteiger partial charge in [0.2, 0.25) is 5.91 Å². The number of carboxylic acid groups (broad SMARTS) is 1. The minimum absolute atomic E-state index is 0.0896. The molecule has 1 saturated heterocycles. The van der Waals surface area contributed by atoms with E-state index >= 15 is 0 Å². The number of ether oxygens (including phenoxy) is 1. The number of carbonyl (C=O) groups is 3. The highest BCUT2D eigenvalue weighted by Gasteiger charge is 2.46. The highest BCUT2D eigenvalue weighted by Crippen LogP contribution is 2.31. The largest absolute Gasteiger partial charge is 0.481 e. The Morgan fingerprint density at radius 1 is 1.28 bits per heavy atom. The van der Waals surface area contributed by atoms with E-state index < -0.39 is 11.4 Å². The third kappa shape index (κ3) is 4.79. The van der Waals surface area contributed by atoms with Crippen LogP contribution < -0.4 is 5.32 Å². The van der Waals surface area contributed by atoms with Crippen molar-refractivity contribution in [2.75, 3.05) is 33.4 Å². The summed E-state index contributed by atoms with van der Waals surface area (Å²) in [5.41, 5.74) is -0.425. The van der Waals surface area contributed by atoms with E-state index in [0.29, 0.717) is 31.5 Å². The van der Waals surface area contributed by atoms with Crippen molar-refractivity contribution in [2.45, 2.75) is 19.3 Å². The zero-order valence-electron chi connectivity index (χ0n) is 14.4. The van der Waals surface area contributed by atoms with E-state index in [1.807, 2.05) is 6.07 Å². The normalized spacial score (nSPS) is 19.6. The Hall–Kier alpha value is -2.41. The minimum atomic E-state index is -1.01. The fourth-order valence-corrected chi connectivity index (χ4v) is 3.01. The molecule has 2 rings (SSSR count). The average molecular weight is 348 g/mol. The lowest BCUT2D eigenvalue weighted by Crippen LogP contribution is -2.40. The molecule has 0 saturated carbocycles. The Labute approximate surface area is 147 Å². The number of methoxy groups -OCH3 is 1. The summed E-state index contributed by atoms with van der Waals surface area (Å²) in [4.78, 5) is 37.2. The molecular formula is C18H24N2O5. The van der Waals surface area contributed by atoms with Gasteiger partial charge in [-0.1, -0.05) is 18.2 Å². The van der Waals surface area contributed by atoms with Crippen LogP contribution in [0.1, 0.15) is 29.6 Å². The van der Waals surface area contributed by atoms with Crippen molar-refractivity contribution in [3.05, 3.63) is 35.9 Å². The second kappa shape index (κ2) is 8.62. The van der Waals surface area contributed by atoms with E-state index in [1.54, 1.807) is 29.2 Å². The van der Waals surface area contributed by atoms with Gasteiger partial charge in [-0.25, -0.2) is 0 Å². The molecule has 0 aliphatic carbocycles. The Balaban J connectivity index is 1.74. The number of carboxylic acids is 1. The van der Waals surface area contributed by atoms with Crippen LogP contribution in [0.25, 0.3) is 0 Å². The van der Waals surface area contributed by atoms with Gasteiger partial charge < -0.3 is 20.1 Å². The topological polar surface area (TPSA) is 95.9 Å². The molecule has 0 aromatic heterocycles. The Morgan fingerprint density at radius 3 is 2.64 bits per heavy atom. The third-order valence-corrected chi connectivity index (χ3v) is 4.47. The van der Waals surface area contributed by atoms with Crippen molar-refractivity contribution in [1.82, 2.24) is 10.2 Å². The van der Waals surface area contributed by atoms with Gasteiger partial charge in [0.25, 0.3) is 5.91 Å². The van der Waals surface area contributed by atoms with Crippen molar-refractivity contribution in [3.63, 3.8) is 0 Å². The number of carbonyl (C=O) groups excluding carboxylic acids is 2. The number of likely N-dealkylation sites (tertiary alicyclic amines) is 1. The number of amides is 2. The summed E-state index contributed by atoms with van der Waals surface area (Å²) >= 11 is 0. The van der Waals surface area contributed by atoms with Crippen LogP contribution in [0.15, 0.2) is 30.3 Å². The first-order valence-corrected chi connectivity index (χ1v) is 8.32. The summed E-state index contributed by atoms with van der Waals surface area (Å²) < 4.78 is 5.02. The minimum Gasteiger partial charge on any atom is -0.481 e.